The summed E-state index contributed by atoms with van der Waals surface area (Å²) in [6.45, 7) is 9.34. The number of nitrogens with zero attached hydrogens (tertiary/aromatic N) is 2. The lowest BCUT2D eigenvalue weighted by Crippen LogP contribution is -2.54. The van der Waals surface area contributed by atoms with Gasteiger partial charge in [-0.25, -0.2) is 9.59 Å². The number of amides is 1. The Hall–Kier alpha value is -2.44. The van der Waals surface area contributed by atoms with Crippen molar-refractivity contribution < 1.29 is 19.1 Å². The number of ether oxygens (including phenoxy) is 2. The Labute approximate surface area is 148 Å². The molecule has 0 bridgehead atoms. The van der Waals surface area contributed by atoms with E-state index in [0.717, 1.165) is 5.69 Å². The molecule has 1 amide bonds. The van der Waals surface area contributed by atoms with Crippen LogP contribution >= 0.6 is 0 Å². The Kier molecular flexibility index (Phi) is 5.45. The van der Waals surface area contributed by atoms with Gasteiger partial charge < -0.3 is 25.0 Å². The van der Waals surface area contributed by atoms with Crippen molar-refractivity contribution >= 4 is 23.4 Å². The van der Waals surface area contributed by atoms with E-state index in [1.165, 1.54) is 7.11 Å². The summed E-state index contributed by atoms with van der Waals surface area (Å²) in [6.07, 6.45) is -0.299. The lowest BCUT2D eigenvalue weighted by atomic mass is 10.1. The van der Waals surface area contributed by atoms with Gasteiger partial charge in [0.05, 0.1) is 12.7 Å². The molecule has 0 unspecified atom stereocenters. The fourth-order valence-corrected chi connectivity index (χ4v) is 2.84. The molecule has 1 heterocycles. The number of rotatable bonds is 2. The molecular formula is C18H27N3O4. The number of carbonyl (C=O) groups excluding carboxylic acids is 2. The second-order valence-corrected chi connectivity index (χ2v) is 7.23. The van der Waals surface area contributed by atoms with E-state index in [1.807, 2.05) is 33.8 Å². The molecule has 1 aliphatic rings. The van der Waals surface area contributed by atoms with Crippen molar-refractivity contribution in [1.29, 1.82) is 0 Å². The highest BCUT2D eigenvalue weighted by molar-refractivity contribution is 5.96. The number of nitrogens with two attached hydrogens (primary N) is 1. The number of benzene rings is 1. The van der Waals surface area contributed by atoms with Crippen LogP contribution in [-0.2, 0) is 9.47 Å². The molecule has 0 saturated carbocycles. The van der Waals surface area contributed by atoms with Gasteiger partial charge in [-0.15, -0.1) is 0 Å². The van der Waals surface area contributed by atoms with Crippen LogP contribution in [0, 0.1) is 0 Å². The first kappa shape index (κ1) is 18.9. The van der Waals surface area contributed by atoms with Crippen LogP contribution in [-0.4, -0.2) is 55.3 Å². The number of hydrogen-bond acceptors (Lipinski definition) is 6. The summed E-state index contributed by atoms with van der Waals surface area (Å²) in [5.74, 6) is -0.459. The average Bonchev–Trinajstić information content (AvgIpc) is 2.53. The van der Waals surface area contributed by atoms with Crippen molar-refractivity contribution in [1.82, 2.24) is 4.90 Å². The Bertz CT molecular complexity index is 654. The van der Waals surface area contributed by atoms with E-state index < -0.39 is 11.6 Å². The van der Waals surface area contributed by atoms with Crippen molar-refractivity contribution in [2.24, 2.45) is 0 Å². The minimum Gasteiger partial charge on any atom is -0.465 e. The van der Waals surface area contributed by atoms with E-state index in [1.54, 1.807) is 17.0 Å². The molecule has 1 atom stereocenters. The molecule has 1 saturated heterocycles. The first-order valence-corrected chi connectivity index (χ1v) is 8.35. The third kappa shape index (κ3) is 4.55. The third-order valence-corrected chi connectivity index (χ3v) is 4.05. The van der Waals surface area contributed by atoms with Crippen molar-refractivity contribution in [3.8, 4) is 0 Å². The molecule has 1 aromatic carbocycles. The molecule has 0 aromatic heterocycles. The normalized spacial score (nSPS) is 18.0. The van der Waals surface area contributed by atoms with E-state index in [4.69, 9.17) is 15.2 Å². The summed E-state index contributed by atoms with van der Waals surface area (Å²) in [5.41, 5.74) is 6.97. The Morgan fingerprint density at radius 2 is 1.92 bits per heavy atom. The second-order valence-electron chi connectivity index (χ2n) is 7.23. The topological polar surface area (TPSA) is 85.1 Å². The minimum absolute atomic E-state index is 0.0791. The maximum absolute atomic E-state index is 12.2. The van der Waals surface area contributed by atoms with Crippen LogP contribution in [0.3, 0.4) is 0 Å². The lowest BCUT2D eigenvalue weighted by molar-refractivity contribution is 0.0218. The number of carbonyl (C=O) groups is 2. The Balaban J connectivity index is 2.11. The fraction of sp³-hybridized carbons (Fsp3) is 0.556. The summed E-state index contributed by atoms with van der Waals surface area (Å²) in [6, 6.07) is 5.40. The fourth-order valence-electron chi connectivity index (χ4n) is 2.84. The smallest absolute Gasteiger partial charge is 0.410 e. The van der Waals surface area contributed by atoms with Gasteiger partial charge >= 0.3 is 12.1 Å². The Morgan fingerprint density at radius 3 is 2.48 bits per heavy atom. The first-order valence-electron chi connectivity index (χ1n) is 8.35. The standard InChI is InChI=1S/C18H27N3O4/c1-12-11-20(17(23)25-18(2,3)4)8-9-21(12)13-6-7-15(19)14(10-13)16(22)24-5/h6-7,10,12H,8-9,11,19H2,1-5H3/t12-/m1/s1. The Morgan fingerprint density at radius 1 is 1.24 bits per heavy atom. The molecule has 1 aliphatic heterocycles. The van der Waals surface area contributed by atoms with E-state index in [9.17, 15) is 9.59 Å². The van der Waals surface area contributed by atoms with Crippen LogP contribution in [0.1, 0.15) is 38.1 Å². The largest absolute Gasteiger partial charge is 0.465 e. The molecule has 2 rings (SSSR count). The molecule has 25 heavy (non-hydrogen) atoms. The average molecular weight is 349 g/mol. The number of anilines is 2. The van der Waals surface area contributed by atoms with Crippen molar-refractivity contribution in [3.63, 3.8) is 0 Å². The summed E-state index contributed by atoms with van der Waals surface area (Å²) in [5, 5.41) is 0. The van der Waals surface area contributed by atoms with Gasteiger partial charge in [0.2, 0.25) is 0 Å². The van der Waals surface area contributed by atoms with Gasteiger partial charge in [-0.1, -0.05) is 0 Å². The van der Waals surface area contributed by atoms with Crippen LogP contribution in [0.5, 0.6) is 0 Å². The lowest BCUT2D eigenvalue weighted by Gasteiger charge is -2.41. The maximum Gasteiger partial charge on any atom is 0.410 e. The molecule has 2 N–H and O–H groups in total. The summed E-state index contributed by atoms with van der Waals surface area (Å²) in [7, 11) is 1.33. The van der Waals surface area contributed by atoms with Gasteiger partial charge in [0, 0.05) is 37.1 Å². The number of methoxy groups -OCH3 is 1. The van der Waals surface area contributed by atoms with Crippen LogP contribution in [0.4, 0.5) is 16.2 Å². The molecule has 0 spiro atoms. The van der Waals surface area contributed by atoms with Crippen molar-refractivity contribution in [2.45, 2.75) is 39.3 Å². The number of esters is 1. The zero-order chi connectivity index (χ0) is 18.8. The predicted molar refractivity (Wildman–Crippen MR) is 96.8 cm³/mol. The van der Waals surface area contributed by atoms with Gasteiger partial charge in [0.1, 0.15) is 5.60 Å². The molecule has 7 heteroatoms. The molecule has 0 radical (unpaired) electrons. The zero-order valence-electron chi connectivity index (χ0n) is 15.5. The highest BCUT2D eigenvalue weighted by atomic mass is 16.6. The molecular weight excluding hydrogens is 322 g/mol. The predicted octanol–water partition coefficient (Wildman–Crippen LogP) is 2.50. The number of hydrogen-bond donors (Lipinski definition) is 1. The third-order valence-electron chi connectivity index (χ3n) is 4.05. The monoisotopic (exact) mass is 349 g/mol. The molecule has 7 nitrogen and oxygen atoms in total. The van der Waals surface area contributed by atoms with E-state index in [-0.39, 0.29) is 12.1 Å². The molecule has 138 valence electrons. The van der Waals surface area contributed by atoms with Crippen LogP contribution < -0.4 is 10.6 Å². The van der Waals surface area contributed by atoms with Gasteiger partial charge in [0.15, 0.2) is 0 Å². The summed E-state index contributed by atoms with van der Waals surface area (Å²) < 4.78 is 10.2. The molecule has 0 aliphatic carbocycles. The van der Waals surface area contributed by atoms with E-state index in [0.29, 0.717) is 30.9 Å². The van der Waals surface area contributed by atoms with Gasteiger partial charge in [-0.2, -0.15) is 0 Å². The van der Waals surface area contributed by atoms with Crippen LogP contribution in [0.15, 0.2) is 18.2 Å². The summed E-state index contributed by atoms with van der Waals surface area (Å²) >= 11 is 0. The van der Waals surface area contributed by atoms with E-state index in [2.05, 4.69) is 4.90 Å². The SMILES string of the molecule is COC(=O)c1cc(N2CCN(C(=O)OC(C)(C)C)C[C@H]2C)ccc1N. The van der Waals surface area contributed by atoms with Gasteiger partial charge in [0.25, 0.3) is 0 Å². The molecule has 1 aromatic rings. The maximum atomic E-state index is 12.2. The zero-order valence-corrected chi connectivity index (χ0v) is 15.5. The quantitative estimate of drug-likeness (QED) is 0.652. The first-order chi connectivity index (χ1) is 11.6. The minimum atomic E-state index is -0.510. The van der Waals surface area contributed by atoms with Crippen molar-refractivity contribution in [2.75, 3.05) is 37.4 Å². The van der Waals surface area contributed by atoms with Crippen molar-refractivity contribution in [3.05, 3.63) is 23.8 Å². The summed E-state index contributed by atoms with van der Waals surface area (Å²) in [4.78, 5) is 27.9. The van der Waals surface area contributed by atoms with Gasteiger partial charge in [-0.05, 0) is 45.9 Å². The second kappa shape index (κ2) is 7.21. The van der Waals surface area contributed by atoms with Crippen LogP contribution in [0.2, 0.25) is 0 Å². The number of nitrogen functional groups attached to an aromatic ring is 1. The molecule has 1 fully saturated rings. The number of piperazine rings is 1. The van der Waals surface area contributed by atoms with Crippen LogP contribution in [0.25, 0.3) is 0 Å². The van der Waals surface area contributed by atoms with E-state index >= 15 is 0 Å². The highest BCUT2D eigenvalue weighted by Gasteiger charge is 2.30. The van der Waals surface area contributed by atoms with Gasteiger partial charge in [-0.3, -0.25) is 0 Å². The highest BCUT2D eigenvalue weighted by Crippen LogP contribution is 2.26.